The van der Waals surface area contributed by atoms with Crippen molar-refractivity contribution in [3.8, 4) is 0 Å². The number of nitrogens with two attached hydrogens (primary N) is 1. The standard InChI is InChI=1S/C13H18FN3O2S/c1-8-7-9(14)5-6-12(8)20(18,19)17-11-4-2-3-10(11)13(15)16/h5-7,10-11,17H,2-4H2,1H3,(H3,15,16). The van der Waals surface area contributed by atoms with Crippen molar-refractivity contribution in [3.63, 3.8) is 0 Å². The molecule has 4 N–H and O–H groups in total. The van der Waals surface area contributed by atoms with Gasteiger partial charge in [-0.1, -0.05) is 6.42 Å². The molecule has 2 rings (SSSR count). The molecule has 0 heterocycles. The van der Waals surface area contributed by atoms with Crippen LogP contribution in [0.25, 0.3) is 0 Å². The second kappa shape index (κ2) is 5.49. The topological polar surface area (TPSA) is 96.0 Å². The predicted molar refractivity (Wildman–Crippen MR) is 74.5 cm³/mol. The van der Waals surface area contributed by atoms with Crippen molar-refractivity contribution in [1.82, 2.24) is 4.72 Å². The Hall–Kier alpha value is -1.47. The fraction of sp³-hybridized carbons (Fsp3) is 0.462. The van der Waals surface area contributed by atoms with E-state index in [1.165, 1.54) is 12.1 Å². The molecular weight excluding hydrogens is 281 g/mol. The maximum absolute atomic E-state index is 13.0. The summed E-state index contributed by atoms with van der Waals surface area (Å²) in [6, 6.07) is 3.21. The Morgan fingerprint density at radius 2 is 2.15 bits per heavy atom. The van der Waals surface area contributed by atoms with Gasteiger partial charge in [-0.05, 0) is 43.5 Å². The number of aryl methyl sites for hydroxylation is 1. The van der Waals surface area contributed by atoms with Crippen molar-refractivity contribution in [3.05, 3.63) is 29.6 Å². The molecule has 0 aromatic heterocycles. The van der Waals surface area contributed by atoms with Crippen LogP contribution in [0.5, 0.6) is 0 Å². The molecule has 1 saturated carbocycles. The van der Waals surface area contributed by atoms with Gasteiger partial charge in [0, 0.05) is 12.0 Å². The van der Waals surface area contributed by atoms with Gasteiger partial charge in [0.25, 0.3) is 0 Å². The summed E-state index contributed by atoms with van der Waals surface area (Å²) in [6.07, 6.45) is 2.20. The van der Waals surface area contributed by atoms with Gasteiger partial charge in [-0.25, -0.2) is 17.5 Å². The van der Waals surface area contributed by atoms with E-state index in [0.717, 1.165) is 12.5 Å². The van der Waals surface area contributed by atoms with E-state index in [-0.39, 0.29) is 22.7 Å². The molecule has 0 saturated heterocycles. The second-order valence-electron chi connectivity index (χ2n) is 5.13. The number of amidine groups is 1. The number of rotatable bonds is 4. The third kappa shape index (κ3) is 2.99. The highest BCUT2D eigenvalue weighted by Gasteiger charge is 2.33. The number of hydrogen-bond acceptors (Lipinski definition) is 3. The van der Waals surface area contributed by atoms with Gasteiger partial charge in [-0.15, -0.1) is 0 Å². The van der Waals surface area contributed by atoms with Gasteiger partial charge in [0.1, 0.15) is 5.82 Å². The van der Waals surface area contributed by atoms with Crippen molar-refractivity contribution in [2.24, 2.45) is 11.7 Å². The Morgan fingerprint density at radius 1 is 1.45 bits per heavy atom. The zero-order valence-corrected chi connectivity index (χ0v) is 12.0. The Morgan fingerprint density at radius 3 is 2.75 bits per heavy atom. The van der Waals surface area contributed by atoms with Gasteiger partial charge in [0.05, 0.1) is 10.7 Å². The Balaban J connectivity index is 2.25. The van der Waals surface area contributed by atoms with Crippen LogP contribution in [0.3, 0.4) is 0 Å². The molecule has 110 valence electrons. The molecule has 1 aromatic carbocycles. The quantitative estimate of drug-likeness (QED) is 0.581. The van der Waals surface area contributed by atoms with Crippen LogP contribution in [-0.2, 0) is 10.0 Å². The third-order valence-electron chi connectivity index (χ3n) is 3.65. The van der Waals surface area contributed by atoms with Crippen molar-refractivity contribution in [2.75, 3.05) is 0 Å². The van der Waals surface area contributed by atoms with Crippen LogP contribution in [0, 0.1) is 24.1 Å². The third-order valence-corrected chi connectivity index (χ3v) is 5.30. The van der Waals surface area contributed by atoms with Crippen molar-refractivity contribution in [1.29, 1.82) is 5.41 Å². The number of halogens is 1. The average Bonchev–Trinajstić information content (AvgIpc) is 2.75. The number of hydrogen-bond donors (Lipinski definition) is 3. The zero-order valence-electron chi connectivity index (χ0n) is 11.2. The molecule has 1 aliphatic carbocycles. The molecule has 0 spiro atoms. The minimum Gasteiger partial charge on any atom is -0.387 e. The smallest absolute Gasteiger partial charge is 0.241 e. The molecule has 0 bridgehead atoms. The molecule has 0 aliphatic heterocycles. The van der Waals surface area contributed by atoms with E-state index in [1.807, 2.05) is 0 Å². The van der Waals surface area contributed by atoms with Crippen molar-refractivity contribution >= 4 is 15.9 Å². The first-order valence-electron chi connectivity index (χ1n) is 6.43. The molecule has 5 nitrogen and oxygen atoms in total. The van der Waals surface area contributed by atoms with Gasteiger partial charge >= 0.3 is 0 Å². The number of nitrogens with one attached hydrogen (secondary N) is 2. The Kier molecular flexibility index (Phi) is 4.10. The van der Waals surface area contributed by atoms with E-state index in [0.29, 0.717) is 18.4 Å². The molecule has 7 heteroatoms. The molecule has 1 aromatic rings. The van der Waals surface area contributed by atoms with Crippen LogP contribution in [-0.4, -0.2) is 20.3 Å². The predicted octanol–water partition coefficient (Wildman–Crippen LogP) is 1.52. The molecular formula is C13H18FN3O2S. The molecule has 2 unspecified atom stereocenters. The summed E-state index contributed by atoms with van der Waals surface area (Å²) in [5.41, 5.74) is 5.85. The minimum atomic E-state index is -3.73. The van der Waals surface area contributed by atoms with Gasteiger partial charge in [-0.3, -0.25) is 5.41 Å². The second-order valence-corrected chi connectivity index (χ2v) is 6.81. The van der Waals surface area contributed by atoms with Crippen molar-refractivity contribution in [2.45, 2.75) is 37.1 Å². The van der Waals surface area contributed by atoms with E-state index in [9.17, 15) is 12.8 Å². The maximum atomic E-state index is 13.0. The van der Waals surface area contributed by atoms with Crippen molar-refractivity contribution < 1.29 is 12.8 Å². The first-order valence-corrected chi connectivity index (χ1v) is 7.92. The summed E-state index contributed by atoms with van der Waals surface area (Å²) in [4.78, 5) is 0.0631. The van der Waals surface area contributed by atoms with E-state index < -0.39 is 15.8 Å². The highest BCUT2D eigenvalue weighted by molar-refractivity contribution is 7.89. The largest absolute Gasteiger partial charge is 0.387 e. The molecule has 0 amide bonds. The lowest BCUT2D eigenvalue weighted by Crippen LogP contribution is -2.42. The lowest BCUT2D eigenvalue weighted by molar-refractivity contribution is 0.521. The highest BCUT2D eigenvalue weighted by Crippen LogP contribution is 2.27. The lowest BCUT2D eigenvalue weighted by Gasteiger charge is -2.20. The molecule has 2 atom stereocenters. The van der Waals surface area contributed by atoms with Gasteiger partial charge in [-0.2, -0.15) is 0 Å². The van der Waals surface area contributed by atoms with E-state index in [4.69, 9.17) is 11.1 Å². The SMILES string of the molecule is Cc1cc(F)ccc1S(=O)(=O)NC1CCCC1C(=N)N. The Bertz CT molecular complexity index is 631. The molecule has 20 heavy (non-hydrogen) atoms. The van der Waals surface area contributed by atoms with Crippen LogP contribution in [0.1, 0.15) is 24.8 Å². The normalized spacial score (nSPS) is 22.9. The van der Waals surface area contributed by atoms with E-state index in [1.54, 1.807) is 6.92 Å². The van der Waals surface area contributed by atoms with Crippen LogP contribution in [0.2, 0.25) is 0 Å². The first-order chi connectivity index (χ1) is 9.31. The van der Waals surface area contributed by atoms with Gasteiger partial charge in [0.2, 0.25) is 10.0 Å². The zero-order chi connectivity index (χ0) is 14.9. The van der Waals surface area contributed by atoms with Crippen LogP contribution in [0.4, 0.5) is 4.39 Å². The summed E-state index contributed by atoms with van der Waals surface area (Å²) in [6.45, 7) is 1.55. The average molecular weight is 299 g/mol. The minimum absolute atomic E-state index is 0.00558. The van der Waals surface area contributed by atoms with E-state index >= 15 is 0 Å². The first kappa shape index (κ1) is 14.9. The lowest BCUT2D eigenvalue weighted by atomic mass is 10.0. The van der Waals surface area contributed by atoms with Crippen LogP contribution < -0.4 is 10.5 Å². The summed E-state index contributed by atoms with van der Waals surface area (Å²) in [5, 5.41) is 7.50. The molecule has 1 aliphatic rings. The fourth-order valence-electron chi connectivity index (χ4n) is 2.65. The number of sulfonamides is 1. The monoisotopic (exact) mass is 299 g/mol. The number of benzene rings is 1. The molecule has 1 fully saturated rings. The fourth-order valence-corrected chi connectivity index (χ4v) is 4.19. The van der Waals surface area contributed by atoms with E-state index in [2.05, 4.69) is 4.72 Å². The summed E-state index contributed by atoms with van der Waals surface area (Å²) in [7, 11) is -3.73. The van der Waals surface area contributed by atoms with Gasteiger partial charge in [0.15, 0.2) is 0 Å². The maximum Gasteiger partial charge on any atom is 0.241 e. The Labute approximate surface area is 117 Å². The highest BCUT2D eigenvalue weighted by atomic mass is 32.2. The van der Waals surface area contributed by atoms with Crippen LogP contribution >= 0.6 is 0 Å². The van der Waals surface area contributed by atoms with Crippen LogP contribution in [0.15, 0.2) is 23.1 Å². The summed E-state index contributed by atoms with van der Waals surface area (Å²) < 4.78 is 40.3. The molecule has 0 radical (unpaired) electrons. The summed E-state index contributed by atoms with van der Waals surface area (Å²) >= 11 is 0. The van der Waals surface area contributed by atoms with Gasteiger partial charge < -0.3 is 5.73 Å². The summed E-state index contributed by atoms with van der Waals surface area (Å²) in [5.74, 6) is -0.722.